The molecule has 124 valence electrons. The normalized spacial score (nSPS) is 11.2. The van der Waals surface area contributed by atoms with Gasteiger partial charge in [0.25, 0.3) is 5.89 Å². The van der Waals surface area contributed by atoms with Crippen LogP contribution in [0.5, 0.6) is 0 Å². The average Bonchev–Trinajstić information content (AvgIpc) is 3.08. The van der Waals surface area contributed by atoms with E-state index >= 15 is 0 Å². The van der Waals surface area contributed by atoms with Crippen molar-refractivity contribution in [2.45, 2.75) is 0 Å². The second-order valence-electron chi connectivity index (χ2n) is 5.55. The topological polar surface area (TPSA) is 60.9 Å². The van der Waals surface area contributed by atoms with Gasteiger partial charge in [-0.25, -0.2) is 8.78 Å². The monoisotopic (exact) mass is 339 g/mol. The SMILES string of the molecule is Cn1cc(-c2nc(-c3ccccc3F)no2)c(=O)c2cc(F)ccc21. The second kappa shape index (κ2) is 5.62. The number of benzene rings is 2. The molecule has 25 heavy (non-hydrogen) atoms. The molecule has 0 amide bonds. The predicted molar refractivity (Wildman–Crippen MR) is 87.8 cm³/mol. The Morgan fingerprint density at radius 1 is 1.08 bits per heavy atom. The van der Waals surface area contributed by atoms with Crippen molar-refractivity contribution in [1.29, 1.82) is 0 Å². The molecule has 0 aliphatic rings. The van der Waals surface area contributed by atoms with Crippen LogP contribution in [0, 0.1) is 11.6 Å². The van der Waals surface area contributed by atoms with Gasteiger partial charge in [-0.15, -0.1) is 0 Å². The van der Waals surface area contributed by atoms with Crippen LogP contribution in [0.15, 0.2) is 58.0 Å². The first-order valence-corrected chi connectivity index (χ1v) is 7.42. The highest BCUT2D eigenvalue weighted by Crippen LogP contribution is 2.24. The number of hydrogen-bond donors (Lipinski definition) is 0. The van der Waals surface area contributed by atoms with E-state index in [1.54, 1.807) is 23.7 Å². The van der Waals surface area contributed by atoms with Crippen LogP contribution < -0.4 is 5.43 Å². The minimum atomic E-state index is -0.515. The summed E-state index contributed by atoms with van der Waals surface area (Å²) in [6.45, 7) is 0. The van der Waals surface area contributed by atoms with Crippen molar-refractivity contribution in [2.24, 2.45) is 7.05 Å². The molecule has 5 nitrogen and oxygen atoms in total. The molecule has 0 aliphatic heterocycles. The summed E-state index contributed by atoms with van der Waals surface area (Å²) in [5.41, 5.74) is 0.428. The van der Waals surface area contributed by atoms with Crippen LogP contribution in [-0.4, -0.2) is 14.7 Å². The third-order valence-corrected chi connectivity index (χ3v) is 3.92. The van der Waals surface area contributed by atoms with Gasteiger partial charge in [-0.1, -0.05) is 17.3 Å². The van der Waals surface area contributed by atoms with Gasteiger partial charge in [0.05, 0.1) is 11.1 Å². The zero-order valence-corrected chi connectivity index (χ0v) is 13.0. The molecule has 0 spiro atoms. The van der Waals surface area contributed by atoms with Crippen molar-refractivity contribution in [2.75, 3.05) is 0 Å². The zero-order chi connectivity index (χ0) is 17.6. The van der Waals surface area contributed by atoms with E-state index in [4.69, 9.17) is 4.52 Å². The summed E-state index contributed by atoms with van der Waals surface area (Å²) in [5, 5.41) is 3.94. The third-order valence-electron chi connectivity index (χ3n) is 3.92. The molecular formula is C18H11F2N3O2. The Bertz CT molecular complexity index is 1160. The molecule has 7 heteroatoms. The largest absolute Gasteiger partial charge is 0.350 e. The van der Waals surface area contributed by atoms with Crippen LogP contribution in [0.1, 0.15) is 0 Å². The molecule has 0 radical (unpaired) electrons. The molecule has 4 aromatic rings. The first kappa shape index (κ1) is 15.2. The number of hydrogen-bond acceptors (Lipinski definition) is 4. The fourth-order valence-corrected chi connectivity index (χ4v) is 2.70. The standard InChI is InChI=1S/C18H11F2N3O2/c1-23-9-13(16(24)12-8-10(19)6-7-15(12)23)18-21-17(22-25-18)11-4-2-3-5-14(11)20/h2-9H,1H3. The van der Waals surface area contributed by atoms with Gasteiger partial charge in [-0.05, 0) is 30.3 Å². The van der Waals surface area contributed by atoms with Gasteiger partial charge in [0, 0.05) is 18.6 Å². The molecule has 0 unspecified atom stereocenters. The van der Waals surface area contributed by atoms with Gasteiger partial charge >= 0.3 is 0 Å². The van der Waals surface area contributed by atoms with E-state index in [0.717, 1.165) is 6.07 Å². The summed E-state index contributed by atoms with van der Waals surface area (Å²) in [5.74, 6) is -1.03. The minimum Gasteiger partial charge on any atom is -0.350 e. The Balaban J connectivity index is 1.90. The van der Waals surface area contributed by atoms with E-state index in [9.17, 15) is 13.6 Å². The Kier molecular flexibility index (Phi) is 3.42. The number of aromatic nitrogens is 3. The van der Waals surface area contributed by atoms with Crippen LogP contribution in [0.25, 0.3) is 33.7 Å². The summed E-state index contributed by atoms with van der Waals surface area (Å²) in [7, 11) is 1.72. The van der Waals surface area contributed by atoms with Crippen molar-refractivity contribution >= 4 is 10.9 Å². The quantitative estimate of drug-likeness (QED) is 0.560. The van der Waals surface area contributed by atoms with Crippen molar-refractivity contribution < 1.29 is 13.3 Å². The molecule has 0 saturated heterocycles. The maximum absolute atomic E-state index is 13.9. The first-order chi connectivity index (χ1) is 12.0. The van der Waals surface area contributed by atoms with Crippen molar-refractivity contribution in [3.05, 3.63) is 70.5 Å². The Hall–Kier alpha value is -3.35. The number of pyridine rings is 1. The fourth-order valence-electron chi connectivity index (χ4n) is 2.70. The summed E-state index contributed by atoms with van der Waals surface area (Å²) in [6.07, 6.45) is 1.53. The number of fused-ring (bicyclic) bond motifs is 1. The lowest BCUT2D eigenvalue weighted by Gasteiger charge is -2.06. The van der Waals surface area contributed by atoms with Gasteiger partial charge in [-0.2, -0.15) is 4.98 Å². The Morgan fingerprint density at radius 2 is 1.88 bits per heavy atom. The number of halogens is 2. The van der Waals surface area contributed by atoms with Crippen molar-refractivity contribution in [1.82, 2.24) is 14.7 Å². The van der Waals surface area contributed by atoms with Crippen LogP contribution >= 0.6 is 0 Å². The fraction of sp³-hybridized carbons (Fsp3) is 0.0556. The van der Waals surface area contributed by atoms with E-state index in [1.165, 1.54) is 30.5 Å². The van der Waals surface area contributed by atoms with Crippen LogP contribution in [-0.2, 0) is 7.05 Å². The molecule has 0 N–H and O–H groups in total. The lowest BCUT2D eigenvalue weighted by molar-refractivity contribution is 0.431. The van der Waals surface area contributed by atoms with E-state index in [2.05, 4.69) is 10.1 Å². The van der Waals surface area contributed by atoms with E-state index in [1.807, 2.05) is 0 Å². The van der Waals surface area contributed by atoms with E-state index in [0.29, 0.717) is 5.52 Å². The van der Waals surface area contributed by atoms with Crippen LogP contribution in [0.4, 0.5) is 8.78 Å². The Morgan fingerprint density at radius 3 is 2.68 bits per heavy atom. The van der Waals surface area contributed by atoms with Gasteiger partial charge < -0.3 is 9.09 Å². The van der Waals surface area contributed by atoms with Crippen LogP contribution in [0.3, 0.4) is 0 Å². The predicted octanol–water partition coefficient (Wildman–Crippen LogP) is 3.53. The number of aryl methyl sites for hydroxylation is 1. The van der Waals surface area contributed by atoms with E-state index < -0.39 is 17.1 Å². The summed E-state index contributed by atoms with van der Waals surface area (Å²) in [4.78, 5) is 16.8. The minimum absolute atomic E-state index is 0.0366. The lowest BCUT2D eigenvalue weighted by atomic mass is 10.1. The molecule has 2 heterocycles. The van der Waals surface area contributed by atoms with Crippen molar-refractivity contribution in [3.8, 4) is 22.8 Å². The molecule has 4 rings (SSSR count). The average molecular weight is 339 g/mol. The molecule has 2 aromatic carbocycles. The molecule has 0 saturated carbocycles. The maximum atomic E-state index is 13.9. The zero-order valence-electron chi connectivity index (χ0n) is 13.0. The summed E-state index contributed by atoms with van der Waals surface area (Å²) in [6, 6.07) is 9.95. The van der Waals surface area contributed by atoms with Gasteiger partial charge in [0.2, 0.25) is 11.3 Å². The number of nitrogens with zero attached hydrogens (tertiary/aromatic N) is 3. The highest BCUT2D eigenvalue weighted by atomic mass is 19.1. The van der Waals surface area contributed by atoms with Gasteiger partial charge in [-0.3, -0.25) is 4.79 Å². The van der Waals surface area contributed by atoms with Crippen LogP contribution in [0.2, 0.25) is 0 Å². The smallest absolute Gasteiger partial charge is 0.263 e. The molecule has 0 aliphatic carbocycles. The molecule has 0 bridgehead atoms. The Labute approximate surface area is 140 Å². The highest BCUT2D eigenvalue weighted by molar-refractivity contribution is 5.82. The van der Waals surface area contributed by atoms with Gasteiger partial charge in [0.15, 0.2) is 0 Å². The third kappa shape index (κ3) is 2.50. The molecule has 0 fully saturated rings. The van der Waals surface area contributed by atoms with Gasteiger partial charge in [0.1, 0.15) is 17.2 Å². The number of rotatable bonds is 2. The summed E-state index contributed by atoms with van der Waals surface area (Å²) >= 11 is 0. The first-order valence-electron chi connectivity index (χ1n) is 7.42. The molecular weight excluding hydrogens is 328 g/mol. The molecule has 2 aromatic heterocycles. The maximum Gasteiger partial charge on any atom is 0.263 e. The summed E-state index contributed by atoms with van der Waals surface area (Å²) < 4.78 is 34.2. The highest BCUT2D eigenvalue weighted by Gasteiger charge is 2.18. The lowest BCUT2D eigenvalue weighted by Crippen LogP contribution is -2.10. The van der Waals surface area contributed by atoms with Crippen molar-refractivity contribution in [3.63, 3.8) is 0 Å². The van der Waals surface area contributed by atoms with E-state index in [-0.39, 0.29) is 28.2 Å². The molecule has 0 atom stereocenters. The second-order valence-corrected chi connectivity index (χ2v) is 5.55.